The Hall–Kier alpha value is -3.98. The minimum absolute atomic E-state index is 0.273. The van der Waals surface area contributed by atoms with Crippen LogP contribution in [0.3, 0.4) is 0 Å². The van der Waals surface area contributed by atoms with Gasteiger partial charge in [0, 0.05) is 18.8 Å². The van der Waals surface area contributed by atoms with Crippen LogP contribution in [0.5, 0.6) is 0 Å². The number of rotatable bonds is 4. The summed E-state index contributed by atoms with van der Waals surface area (Å²) >= 11 is 0. The maximum atomic E-state index is 13.7. The molecule has 5 aromatic rings. The highest BCUT2D eigenvalue weighted by Crippen LogP contribution is 2.25. The molecular weight excluding hydrogens is 438 g/mol. The molecule has 0 spiro atoms. The van der Waals surface area contributed by atoms with Crippen LogP contribution in [0.2, 0.25) is 0 Å². The fourth-order valence-corrected chi connectivity index (χ4v) is 4.35. The van der Waals surface area contributed by atoms with Crippen LogP contribution in [0.25, 0.3) is 33.6 Å². The highest BCUT2D eigenvalue weighted by molar-refractivity contribution is 5.79. The van der Waals surface area contributed by atoms with Crippen molar-refractivity contribution in [2.75, 3.05) is 13.2 Å². The number of hydrogen-bond acceptors (Lipinski definition) is 5. The smallest absolute Gasteiger partial charge is 0.178 e. The Balaban J connectivity index is 1.44. The van der Waals surface area contributed by atoms with Crippen molar-refractivity contribution in [2.24, 2.45) is 0 Å². The van der Waals surface area contributed by atoms with Crippen LogP contribution >= 0.6 is 0 Å². The van der Waals surface area contributed by atoms with Gasteiger partial charge < -0.3 is 9.30 Å². The van der Waals surface area contributed by atoms with Crippen molar-refractivity contribution >= 4 is 27.9 Å². The Morgan fingerprint density at radius 1 is 1.03 bits per heavy atom. The van der Waals surface area contributed by atoms with E-state index in [9.17, 15) is 8.78 Å². The molecule has 9 heteroatoms. The number of ether oxygens (including phenoxy) is 1. The fraction of sp³-hybridized carbons (Fsp3) is 0.200. The molecule has 0 fully saturated rings. The molecule has 7 nitrogen and oxygen atoms in total. The van der Waals surface area contributed by atoms with Crippen molar-refractivity contribution in [1.29, 1.82) is 0 Å². The average Bonchev–Trinajstić information content (AvgIpc) is 3.39. The van der Waals surface area contributed by atoms with Gasteiger partial charge in [-0.25, -0.2) is 23.7 Å². The molecule has 4 aromatic heterocycles. The second kappa shape index (κ2) is 8.11. The van der Waals surface area contributed by atoms with Crippen LogP contribution in [0.4, 0.5) is 8.78 Å². The van der Waals surface area contributed by atoms with Crippen molar-refractivity contribution in [3.8, 4) is 5.69 Å². The van der Waals surface area contributed by atoms with Crippen molar-refractivity contribution in [1.82, 2.24) is 29.1 Å². The number of aromatic nitrogens is 6. The first-order valence-corrected chi connectivity index (χ1v) is 10.9. The van der Waals surface area contributed by atoms with Crippen molar-refractivity contribution < 1.29 is 13.5 Å². The van der Waals surface area contributed by atoms with Crippen LogP contribution in [-0.2, 0) is 11.3 Å². The molecule has 6 rings (SSSR count). The summed E-state index contributed by atoms with van der Waals surface area (Å²) < 4.78 is 36.7. The molecule has 0 aliphatic carbocycles. The van der Waals surface area contributed by atoms with E-state index in [1.807, 2.05) is 40.5 Å². The number of imidazole rings is 1. The van der Waals surface area contributed by atoms with Gasteiger partial charge in [0.1, 0.15) is 23.0 Å². The lowest BCUT2D eigenvalue weighted by molar-refractivity contribution is 0.161. The third kappa shape index (κ3) is 3.63. The normalized spacial score (nSPS) is 14.1. The summed E-state index contributed by atoms with van der Waals surface area (Å²) in [5, 5.41) is 0. The molecule has 34 heavy (non-hydrogen) atoms. The zero-order chi connectivity index (χ0) is 23.2. The zero-order valence-corrected chi connectivity index (χ0v) is 18.4. The highest BCUT2D eigenvalue weighted by atomic mass is 19.1. The summed E-state index contributed by atoms with van der Waals surface area (Å²) in [6, 6.07) is 7.39. The van der Waals surface area contributed by atoms with Crippen LogP contribution in [0.1, 0.15) is 23.5 Å². The standard InChI is InChI=1S/C25H20F2N6O/c1-15-30-24-23(33(15)14-16-8-18(26)10-19(27)9-16)11-20(12-29-24)32-5-2-21-25(32)31-22(13-28-21)17-3-6-34-7-4-17/h2-3,5,8-13H,4,6-7,14H2,1H3. The van der Waals surface area contributed by atoms with E-state index in [4.69, 9.17) is 9.72 Å². The number of benzene rings is 1. The van der Waals surface area contributed by atoms with Gasteiger partial charge in [0.2, 0.25) is 0 Å². The lowest BCUT2D eigenvalue weighted by Gasteiger charge is -2.13. The maximum Gasteiger partial charge on any atom is 0.178 e. The number of pyridine rings is 1. The Labute approximate surface area is 193 Å². The zero-order valence-electron chi connectivity index (χ0n) is 18.4. The molecule has 0 saturated carbocycles. The molecule has 0 radical (unpaired) electrons. The van der Waals surface area contributed by atoms with E-state index in [1.54, 1.807) is 12.4 Å². The van der Waals surface area contributed by atoms with Crippen LogP contribution in [0.15, 0.2) is 55.0 Å². The molecule has 1 aliphatic rings. The summed E-state index contributed by atoms with van der Waals surface area (Å²) in [6.07, 6.45) is 8.28. The van der Waals surface area contributed by atoms with Gasteiger partial charge in [0.05, 0.1) is 42.5 Å². The van der Waals surface area contributed by atoms with Gasteiger partial charge in [-0.3, -0.25) is 9.55 Å². The van der Waals surface area contributed by atoms with E-state index in [-0.39, 0.29) is 6.54 Å². The van der Waals surface area contributed by atoms with Gasteiger partial charge >= 0.3 is 0 Å². The van der Waals surface area contributed by atoms with E-state index < -0.39 is 11.6 Å². The third-order valence-electron chi connectivity index (χ3n) is 6.01. The van der Waals surface area contributed by atoms with Crippen molar-refractivity contribution in [2.45, 2.75) is 19.9 Å². The van der Waals surface area contributed by atoms with E-state index >= 15 is 0 Å². The van der Waals surface area contributed by atoms with E-state index in [1.165, 1.54) is 12.1 Å². The van der Waals surface area contributed by atoms with Crippen molar-refractivity contribution in [3.05, 3.63) is 83.7 Å². The van der Waals surface area contributed by atoms with E-state index in [0.717, 1.165) is 46.1 Å². The number of nitrogens with zero attached hydrogens (tertiary/aromatic N) is 6. The molecule has 1 aliphatic heterocycles. The summed E-state index contributed by atoms with van der Waals surface area (Å²) in [4.78, 5) is 18.5. The molecule has 170 valence electrons. The van der Waals surface area contributed by atoms with E-state index in [0.29, 0.717) is 30.2 Å². The SMILES string of the molecule is Cc1nc2ncc(-n3ccc4ncc(C5=CCOCC5)nc43)cc2n1Cc1cc(F)cc(F)c1. The first-order valence-electron chi connectivity index (χ1n) is 10.9. The third-order valence-corrected chi connectivity index (χ3v) is 6.01. The van der Waals surface area contributed by atoms with Crippen LogP contribution in [-0.4, -0.2) is 42.3 Å². The molecular formula is C25H20F2N6O. The fourth-order valence-electron chi connectivity index (χ4n) is 4.35. The number of fused-ring (bicyclic) bond motifs is 2. The molecule has 1 aromatic carbocycles. The lowest BCUT2D eigenvalue weighted by atomic mass is 10.1. The minimum Gasteiger partial charge on any atom is -0.377 e. The molecule has 0 atom stereocenters. The Morgan fingerprint density at radius 2 is 1.88 bits per heavy atom. The number of halogens is 2. The van der Waals surface area contributed by atoms with Gasteiger partial charge in [-0.1, -0.05) is 6.08 Å². The molecule has 0 saturated heterocycles. The second-order valence-corrected chi connectivity index (χ2v) is 8.26. The van der Waals surface area contributed by atoms with Gasteiger partial charge in [-0.15, -0.1) is 0 Å². The first-order chi connectivity index (χ1) is 16.5. The van der Waals surface area contributed by atoms with E-state index in [2.05, 4.69) is 15.0 Å². The van der Waals surface area contributed by atoms with Crippen LogP contribution in [0, 0.1) is 18.6 Å². The Kier molecular flexibility index (Phi) is 4.91. The lowest BCUT2D eigenvalue weighted by Crippen LogP contribution is -2.06. The van der Waals surface area contributed by atoms with Crippen molar-refractivity contribution in [3.63, 3.8) is 0 Å². The Morgan fingerprint density at radius 3 is 2.68 bits per heavy atom. The van der Waals surface area contributed by atoms with Crippen LogP contribution < -0.4 is 0 Å². The molecule has 0 unspecified atom stereocenters. The first kappa shape index (κ1) is 20.6. The van der Waals surface area contributed by atoms with Gasteiger partial charge in [-0.2, -0.15) is 0 Å². The number of aryl methyl sites for hydroxylation is 1. The molecule has 0 N–H and O–H groups in total. The predicted octanol–water partition coefficient (Wildman–Crippen LogP) is 4.60. The Bertz CT molecular complexity index is 1570. The monoisotopic (exact) mass is 458 g/mol. The summed E-state index contributed by atoms with van der Waals surface area (Å²) in [7, 11) is 0. The van der Waals surface area contributed by atoms with Gasteiger partial charge in [0.15, 0.2) is 11.3 Å². The number of hydrogen-bond donors (Lipinski definition) is 0. The predicted molar refractivity (Wildman–Crippen MR) is 124 cm³/mol. The topological polar surface area (TPSA) is 70.7 Å². The quantitative estimate of drug-likeness (QED) is 0.394. The molecule has 5 heterocycles. The maximum absolute atomic E-state index is 13.7. The largest absolute Gasteiger partial charge is 0.377 e. The van der Waals surface area contributed by atoms with Gasteiger partial charge in [0.25, 0.3) is 0 Å². The summed E-state index contributed by atoms with van der Waals surface area (Å²) in [6.45, 7) is 3.37. The summed E-state index contributed by atoms with van der Waals surface area (Å²) in [5.41, 5.74) is 6.08. The minimum atomic E-state index is -0.608. The van der Waals surface area contributed by atoms with Gasteiger partial charge in [-0.05, 0) is 48.7 Å². The highest BCUT2D eigenvalue weighted by Gasteiger charge is 2.15. The summed E-state index contributed by atoms with van der Waals surface area (Å²) in [5.74, 6) is -0.511. The molecule has 0 bridgehead atoms. The average molecular weight is 458 g/mol. The second-order valence-electron chi connectivity index (χ2n) is 8.26. The molecule has 0 amide bonds.